The van der Waals surface area contributed by atoms with Gasteiger partial charge in [-0.3, -0.25) is 9.59 Å². The van der Waals surface area contributed by atoms with Crippen LogP contribution in [0.3, 0.4) is 0 Å². The zero-order valence-electron chi connectivity index (χ0n) is 17.6. The van der Waals surface area contributed by atoms with Crippen LogP contribution in [0.5, 0.6) is 0 Å². The number of aliphatic carboxylic acids is 2. The Morgan fingerprint density at radius 1 is 0.781 bits per heavy atom. The van der Waals surface area contributed by atoms with Crippen molar-refractivity contribution in [2.45, 2.75) is 62.6 Å². The molecule has 7 atom stereocenters. The highest BCUT2D eigenvalue weighted by atomic mass is 16.4. The van der Waals surface area contributed by atoms with E-state index in [1.54, 1.807) is 0 Å². The fraction of sp³-hybridized carbons (Fsp3) is 0.812. The normalized spacial score (nSPS) is 16.7. The van der Waals surface area contributed by atoms with Gasteiger partial charge in [0.25, 0.3) is 0 Å². The minimum atomic E-state index is -1.79. The third-order valence-corrected chi connectivity index (χ3v) is 3.04. The SMILES string of the molecule is C[C@@H](O)[C@H](N)C(=O)O.C[C@H](N)C(=O)O.O=C[C@H](O)[C@@H](O)[C@H](O)[C@H](O)CO.OCC(O)CO. The molecular weight excluding hydrogens is 444 g/mol. The maximum Gasteiger partial charge on any atom is 0.323 e. The van der Waals surface area contributed by atoms with Gasteiger partial charge in [0.15, 0.2) is 6.29 Å². The molecule has 0 saturated heterocycles. The van der Waals surface area contributed by atoms with Crippen LogP contribution in [-0.2, 0) is 14.4 Å². The molecule has 0 heterocycles. The first-order valence-corrected chi connectivity index (χ1v) is 8.88. The van der Waals surface area contributed by atoms with Gasteiger partial charge >= 0.3 is 11.9 Å². The van der Waals surface area contributed by atoms with Crippen molar-refractivity contribution < 1.29 is 70.6 Å². The highest BCUT2D eigenvalue weighted by Crippen LogP contribution is 2.02. The summed E-state index contributed by atoms with van der Waals surface area (Å²) in [7, 11) is 0. The molecule has 0 aliphatic carbocycles. The van der Waals surface area contributed by atoms with Crippen LogP contribution in [-0.4, -0.2) is 143 Å². The molecule has 0 saturated carbocycles. The molecule has 0 radical (unpaired) electrons. The zero-order chi connectivity index (χ0) is 26.6. The molecule has 0 rings (SSSR count). The topological polar surface area (TPSA) is 326 Å². The first kappa shape index (κ1) is 37.5. The summed E-state index contributed by atoms with van der Waals surface area (Å²) < 4.78 is 0. The summed E-state index contributed by atoms with van der Waals surface area (Å²) in [5, 5.41) is 92.0. The van der Waals surface area contributed by atoms with Gasteiger partial charge in [-0.2, -0.15) is 0 Å². The van der Waals surface area contributed by atoms with Crippen molar-refractivity contribution in [2.75, 3.05) is 19.8 Å². The van der Waals surface area contributed by atoms with Crippen molar-refractivity contribution in [3.63, 3.8) is 0 Å². The summed E-state index contributed by atoms with van der Waals surface area (Å²) in [4.78, 5) is 29.3. The quantitative estimate of drug-likeness (QED) is 0.129. The van der Waals surface area contributed by atoms with E-state index in [9.17, 15) is 14.4 Å². The number of rotatable bonds is 10. The van der Waals surface area contributed by atoms with Crippen LogP contribution < -0.4 is 11.5 Å². The third-order valence-electron chi connectivity index (χ3n) is 3.04. The lowest BCUT2D eigenvalue weighted by Gasteiger charge is -2.22. The van der Waals surface area contributed by atoms with Gasteiger partial charge < -0.3 is 72.4 Å². The summed E-state index contributed by atoms with van der Waals surface area (Å²) in [6, 6.07) is -1.89. The van der Waals surface area contributed by atoms with Gasteiger partial charge in [0, 0.05) is 0 Å². The van der Waals surface area contributed by atoms with E-state index in [2.05, 4.69) is 0 Å². The van der Waals surface area contributed by atoms with Crippen molar-refractivity contribution in [2.24, 2.45) is 11.5 Å². The lowest BCUT2D eigenvalue weighted by atomic mass is 10.0. The number of hydrogen-bond acceptors (Lipinski definition) is 14. The largest absolute Gasteiger partial charge is 0.480 e. The van der Waals surface area contributed by atoms with E-state index in [1.165, 1.54) is 13.8 Å². The second-order valence-corrected chi connectivity index (χ2v) is 6.11. The maximum absolute atomic E-state index is 9.90. The van der Waals surface area contributed by atoms with Gasteiger partial charge in [0.1, 0.15) is 42.6 Å². The zero-order valence-corrected chi connectivity index (χ0v) is 17.6. The number of carboxylic acids is 2. The van der Waals surface area contributed by atoms with Crippen LogP contribution in [0.15, 0.2) is 0 Å². The molecule has 0 bridgehead atoms. The Morgan fingerprint density at radius 2 is 1.16 bits per heavy atom. The molecule has 0 aliphatic heterocycles. The van der Waals surface area contributed by atoms with Gasteiger partial charge in [0.05, 0.1) is 25.9 Å². The minimum absolute atomic E-state index is 0.0258. The maximum atomic E-state index is 9.90. The molecule has 0 aromatic heterocycles. The Balaban J connectivity index is -0.000000172. The average Bonchev–Trinajstić information content (AvgIpc) is 2.76. The Hall–Kier alpha value is -1.83. The summed E-state index contributed by atoms with van der Waals surface area (Å²) in [6.07, 6.45) is -8.77. The van der Waals surface area contributed by atoms with E-state index in [0.717, 1.165) is 0 Å². The van der Waals surface area contributed by atoms with E-state index in [-0.39, 0.29) is 19.5 Å². The average molecular weight is 480 g/mol. The van der Waals surface area contributed by atoms with Crippen molar-refractivity contribution >= 4 is 18.2 Å². The molecule has 0 spiro atoms. The fourth-order valence-electron chi connectivity index (χ4n) is 0.882. The van der Waals surface area contributed by atoms with E-state index < -0.39 is 67.3 Å². The van der Waals surface area contributed by atoms with E-state index in [0.29, 0.717) is 0 Å². The van der Waals surface area contributed by atoms with Gasteiger partial charge in [0.2, 0.25) is 0 Å². The first-order chi connectivity index (χ1) is 14.5. The Morgan fingerprint density at radius 3 is 1.28 bits per heavy atom. The minimum Gasteiger partial charge on any atom is -0.480 e. The van der Waals surface area contributed by atoms with Crippen LogP contribution in [0.25, 0.3) is 0 Å². The van der Waals surface area contributed by atoms with Crippen molar-refractivity contribution in [3.05, 3.63) is 0 Å². The number of aliphatic hydroxyl groups excluding tert-OH is 9. The van der Waals surface area contributed by atoms with Crippen LogP contribution >= 0.6 is 0 Å². The number of aldehydes is 1. The predicted octanol–water partition coefficient (Wildman–Crippen LogP) is -6.85. The van der Waals surface area contributed by atoms with Gasteiger partial charge in [-0.05, 0) is 13.8 Å². The van der Waals surface area contributed by atoms with Crippen molar-refractivity contribution in [1.29, 1.82) is 0 Å². The first-order valence-electron chi connectivity index (χ1n) is 8.88. The lowest BCUT2D eigenvalue weighted by molar-refractivity contribution is -0.141. The molecule has 0 amide bonds. The molecule has 194 valence electrons. The summed E-state index contributed by atoms with van der Waals surface area (Å²) in [5.74, 6) is -2.14. The van der Waals surface area contributed by atoms with Crippen LogP contribution in [0.2, 0.25) is 0 Å². The molecule has 0 aromatic rings. The molecule has 0 aliphatic rings. The van der Waals surface area contributed by atoms with Crippen molar-refractivity contribution in [3.8, 4) is 0 Å². The van der Waals surface area contributed by atoms with Crippen LogP contribution in [0, 0.1) is 0 Å². The number of hydrogen-bond donors (Lipinski definition) is 13. The van der Waals surface area contributed by atoms with Gasteiger partial charge in [-0.1, -0.05) is 0 Å². The Bertz CT molecular complexity index is 476. The van der Waals surface area contributed by atoms with Gasteiger partial charge in [-0.25, -0.2) is 0 Å². The standard InChI is InChI=1S/C6H12O6.C4H9NO3.C3H7NO2.C3H8O3/c7-1-3(9)5(11)6(12)4(10)2-8;1-2(6)3(5)4(7)8;1-2(4)3(5)6;4-1-3(6)2-5/h1,3-6,8-12H,2H2;2-3,6H,5H2,1H3,(H,7,8);2H,4H2,1H3,(H,5,6);3-6H,1-2H2/t3-,4+,5+,6+;2-,3+;2-;/m010./s1. The number of nitrogens with two attached hydrogens (primary N) is 2. The number of carboxylic acid groups (broad SMARTS) is 2. The molecule has 32 heavy (non-hydrogen) atoms. The van der Waals surface area contributed by atoms with Crippen LogP contribution in [0.1, 0.15) is 13.8 Å². The summed E-state index contributed by atoms with van der Waals surface area (Å²) >= 11 is 0. The van der Waals surface area contributed by atoms with E-state index >= 15 is 0 Å². The summed E-state index contributed by atoms with van der Waals surface area (Å²) in [5.41, 5.74) is 9.75. The highest BCUT2D eigenvalue weighted by Gasteiger charge is 2.29. The monoisotopic (exact) mass is 480 g/mol. The highest BCUT2D eigenvalue weighted by molar-refractivity contribution is 5.73. The molecule has 0 fully saturated rings. The van der Waals surface area contributed by atoms with E-state index in [1.807, 2.05) is 0 Å². The molecule has 15 N–H and O–H groups in total. The number of carbonyl (C=O) groups excluding carboxylic acids is 1. The smallest absolute Gasteiger partial charge is 0.323 e. The second-order valence-electron chi connectivity index (χ2n) is 6.11. The second kappa shape index (κ2) is 22.4. The Labute approximate surface area is 183 Å². The van der Waals surface area contributed by atoms with E-state index in [4.69, 9.17) is 67.6 Å². The Kier molecular flexibility index (Phi) is 26.2. The molecule has 16 heteroatoms. The lowest BCUT2D eigenvalue weighted by Crippen LogP contribution is -2.46. The molecule has 0 unspecified atom stereocenters. The predicted molar refractivity (Wildman–Crippen MR) is 106 cm³/mol. The molecular formula is C16H36N2O14. The number of carbonyl (C=O) groups is 3. The molecule has 16 nitrogen and oxygen atoms in total. The van der Waals surface area contributed by atoms with Crippen molar-refractivity contribution in [1.82, 2.24) is 0 Å². The van der Waals surface area contributed by atoms with Gasteiger partial charge in [-0.15, -0.1) is 0 Å². The number of aliphatic hydroxyl groups is 9. The van der Waals surface area contributed by atoms with Crippen LogP contribution in [0.4, 0.5) is 0 Å². The fourth-order valence-corrected chi connectivity index (χ4v) is 0.882. The molecule has 0 aromatic carbocycles. The summed E-state index contributed by atoms with van der Waals surface area (Å²) in [6.45, 7) is 1.26. The third kappa shape index (κ3) is 22.8.